The van der Waals surface area contributed by atoms with Crippen molar-refractivity contribution < 1.29 is 8.78 Å². The van der Waals surface area contributed by atoms with Gasteiger partial charge >= 0.3 is 0 Å². The molecule has 0 saturated carbocycles. The van der Waals surface area contributed by atoms with E-state index in [0.29, 0.717) is 5.56 Å². The molecule has 1 N–H and O–H groups in total. The second kappa shape index (κ2) is 4.89. The lowest BCUT2D eigenvalue weighted by Gasteiger charge is -2.18. The van der Waals surface area contributed by atoms with E-state index in [1.807, 2.05) is 6.92 Å². The van der Waals surface area contributed by atoms with Gasteiger partial charge in [-0.1, -0.05) is 29.8 Å². The molecule has 1 atom stereocenters. The molecule has 1 aliphatic rings. The third-order valence-corrected chi connectivity index (χ3v) is 3.98. The maximum absolute atomic E-state index is 14.1. The van der Waals surface area contributed by atoms with Gasteiger partial charge in [0, 0.05) is 0 Å². The van der Waals surface area contributed by atoms with E-state index in [2.05, 4.69) is 23.5 Å². The Hall–Kier alpha value is -1.90. The molecule has 2 aromatic carbocycles. The Labute approximate surface area is 117 Å². The van der Waals surface area contributed by atoms with Crippen LogP contribution in [0.15, 0.2) is 30.3 Å². The Bertz CT molecular complexity index is 664. The van der Waals surface area contributed by atoms with Crippen molar-refractivity contribution in [3.63, 3.8) is 0 Å². The first-order valence-electron chi connectivity index (χ1n) is 6.87. The third-order valence-electron chi connectivity index (χ3n) is 3.98. The molecule has 0 heterocycles. The van der Waals surface area contributed by atoms with Gasteiger partial charge in [-0.2, -0.15) is 0 Å². The molecule has 104 valence electrons. The molecule has 0 saturated heterocycles. The number of halogens is 2. The summed E-state index contributed by atoms with van der Waals surface area (Å²) < 4.78 is 27.9. The normalized spacial score (nSPS) is 17.1. The molecular weight excluding hydrogens is 256 g/mol. The summed E-state index contributed by atoms with van der Waals surface area (Å²) in [4.78, 5) is 0. The van der Waals surface area contributed by atoms with Crippen LogP contribution in [-0.4, -0.2) is 0 Å². The summed E-state index contributed by atoms with van der Waals surface area (Å²) in [6.07, 6.45) is 1.81. The lowest BCUT2D eigenvalue weighted by Crippen LogP contribution is -2.11. The number of rotatable bonds is 2. The third kappa shape index (κ3) is 2.17. The molecule has 0 fully saturated rings. The van der Waals surface area contributed by atoms with Gasteiger partial charge in [0.2, 0.25) is 0 Å². The predicted molar refractivity (Wildman–Crippen MR) is 77.0 cm³/mol. The van der Waals surface area contributed by atoms with E-state index in [1.165, 1.54) is 23.3 Å². The quantitative estimate of drug-likeness (QED) is 0.837. The second-order valence-electron chi connectivity index (χ2n) is 5.49. The summed E-state index contributed by atoms with van der Waals surface area (Å²) >= 11 is 0. The number of hydrogen-bond acceptors (Lipinski definition) is 1. The van der Waals surface area contributed by atoms with E-state index in [-0.39, 0.29) is 11.7 Å². The molecular formula is C17H17F2N. The summed E-state index contributed by atoms with van der Waals surface area (Å²) in [5.41, 5.74) is 4.04. The summed E-state index contributed by atoms with van der Waals surface area (Å²) in [5.74, 6) is -1.03. The Balaban J connectivity index is 1.95. The molecule has 1 aliphatic carbocycles. The molecule has 0 bridgehead atoms. The van der Waals surface area contributed by atoms with Gasteiger partial charge in [0.05, 0.1) is 6.04 Å². The Kier molecular flexibility index (Phi) is 3.20. The van der Waals surface area contributed by atoms with Crippen LogP contribution >= 0.6 is 0 Å². The van der Waals surface area contributed by atoms with Gasteiger partial charge in [-0.05, 0) is 49.4 Å². The Morgan fingerprint density at radius 2 is 1.90 bits per heavy atom. The zero-order valence-corrected chi connectivity index (χ0v) is 11.6. The number of nitrogens with one attached hydrogen (secondary N) is 1. The molecule has 3 heteroatoms. The SMILES string of the molecule is Cc1ccc2c(c1)C(Nc1c(F)ccc(C)c1F)CC2. The molecule has 1 unspecified atom stereocenters. The lowest BCUT2D eigenvalue weighted by molar-refractivity contribution is 0.576. The van der Waals surface area contributed by atoms with Gasteiger partial charge in [-0.15, -0.1) is 0 Å². The van der Waals surface area contributed by atoms with Gasteiger partial charge in [0.25, 0.3) is 0 Å². The highest BCUT2D eigenvalue weighted by atomic mass is 19.1. The molecule has 20 heavy (non-hydrogen) atoms. The second-order valence-corrected chi connectivity index (χ2v) is 5.49. The van der Waals surface area contributed by atoms with Gasteiger partial charge in [-0.25, -0.2) is 8.78 Å². The van der Waals surface area contributed by atoms with Gasteiger partial charge in [0.1, 0.15) is 11.5 Å². The number of hydrogen-bond donors (Lipinski definition) is 1. The van der Waals surface area contributed by atoms with Crippen LogP contribution in [0.5, 0.6) is 0 Å². The highest BCUT2D eigenvalue weighted by Gasteiger charge is 2.24. The monoisotopic (exact) mass is 273 g/mol. The Morgan fingerprint density at radius 3 is 2.70 bits per heavy atom. The van der Waals surface area contributed by atoms with E-state index < -0.39 is 11.6 Å². The minimum absolute atomic E-state index is 0.00986. The average Bonchev–Trinajstić information content (AvgIpc) is 2.81. The largest absolute Gasteiger partial charge is 0.373 e. The fraction of sp³-hybridized carbons (Fsp3) is 0.294. The van der Waals surface area contributed by atoms with E-state index in [4.69, 9.17) is 0 Å². The maximum Gasteiger partial charge on any atom is 0.152 e. The number of anilines is 1. The summed E-state index contributed by atoms with van der Waals surface area (Å²) in [6.45, 7) is 3.68. The first-order chi connectivity index (χ1) is 9.56. The van der Waals surface area contributed by atoms with E-state index in [9.17, 15) is 8.78 Å². The topological polar surface area (TPSA) is 12.0 Å². The maximum atomic E-state index is 14.1. The van der Waals surface area contributed by atoms with Gasteiger partial charge in [-0.3, -0.25) is 0 Å². The lowest BCUT2D eigenvalue weighted by atomic mass is 10.0. The van der Waals surface area contributed by atoms with Crippen molar-refractivity contribution in [1.82, 2.24) is 0 Å². The molecule has 0 spiro atoms. The van der Waals surface area contributed by atoms with E-state index >= 15 is 0 Å². The molecule has 1 nitrogen and oxygen atoms in total. The first-order valence-corrected chi connectivity index (χ1v) is 6.87. The smallest absolute Gasteiger partial charge is 0.152 e. The van der Waals surface area contributed by atoms with Crippen LogP contribution in [0, 0.1) is 25.5 Å². The van der Waals surface area contributed by atoms with Crippen molar-refractivity contribution >= 4 is 5.69 Å². The summed E-state index contributed by atoms with van der Waals surface area (Å²) in [7, 11) is 0. The fourth-order valence-electron chi connectivity index (χ4n) is 2.83. The molecule has 3 rings (SSSR count). The van der Waals surface area contributed by atoms with Crippen LogP contribution in [0.4, 0.5) is 14.5 Å². The number of benzene rings is 2. The van der Waals surface area contributed by atoms with Crippen LogP contribution < -0.4 is 5.32 Å². The van der Waals surface area contributed by atoms with Crippen molar-refractivity contribution in [2.24, 2.45) is 0 Å². The van der Waals surface area contributed by atoms with Crippen molar-refractivity contribution in [3.8, 4) is 0 Å². The van der Waals surface area contributed by atoms with Crippen LogP contribution in [0.3, 0.4) is 0 Å². The average molecular weight is 273 g/mol. The highest BCUT2D eigenvalue weighted by Crippen LogP contribution is 2.36. The predicted octanol–water partition coefficient (Wildman–Crippen LogP) is 4.68. The number of aryl methyl sites for hydroxylation is 3. The van der Waals surface area contributed by atoms with E-state index in [1.54, 1.807) is 6.92 Å². The van der Waals surface area contributed by atoms with Gasteiger partial charge < -0.3 is 5.32 Å². The summed E-state index contributed by atoms with van der Waals surface area (Å²) in [6, 6.07) is 9.04. The van der Waals surface area contributed by atoms with E-state index in [0.717, 1.165) is 18.4 Å². The molecule has 0 radical (unpaired) electrons. The van der Waals surface area contributed by atoms with Crippen LogP contribution in [0.25, 0.3) is 0 Å². The van der Waals surface area contributed by atoms with Crippen molar-refractivity contribution in [2.45, 2.75) is 32.7 Å². The van der Waals surface area contributed by atoms with Crippen LogP contribution in [0.2, 0.25) is 0 Å². The fourth-order valence-corrected chi connectivity index (χ4v) is 2.83. The first kappa shape index (κ1) is 13.1. The zero-order chi connectivity index (χ0) is 14.3. The van der Waals surface area contributed by atoms with Crippen LogP contribution in [-0.2, 0) is 6.42 Å². The molecule has 2 aromatic rings. The zero-order valence-electron chi connectivity index (χ0n) is 11.6. The number of fused-ring (bicyclic) bond motifs is 1. The molecule has 0 aromatic heterocycles. The highest BCUT2D eigenvalue weighted by molar-refractivity contribution is 5.52. The molecule has 0 amide bonds. The van der Waals surface area contributed by atoms with Crippen molar-refractivity contribution in [3.05, 3.63) is 64.2 Å². The van der Waals surface area contributed by atoms with Crippen molar-refractivity contribution in [2.75, 3.05) is 5.32 Å². The minimum Gasteiger partial charge on any atom is -0.373 e. The Morgan fingerprint density at radius 1 is 1.10 bits per heavy atom. The van der Waals surface area contributed by atoms with Gasteiger partial charge in [0.15, 0.2) is 5.82 Å². The molecule has 0 aliphatic heterocycles. The standard InChI is InChI=1S/C17H17F2N/c1-10-3-5-12-6-8-15(13(12)9-10)20-17-14(18)7-4-11(2)16(17)19/h3-5,7,9,15,20H,6,8H2,1-2H3. The van der Waals surface area contributed by atoms with Crippen molar-refractivity contribution in [1.29, 1.82) is 0 Å². The minimum atomic E-state index is -0.533. The summed E-state index contributed by atoms with van der Waals surface area (Å²) in [5, 5.41) is 3.05. The van der Waals surface area contributed by atoms with Crippen LogP contribution in [0.1, 0.15) is 34.7 Å².